The predicted molar refractivity (Wildman–Crippen MR) is 135 cm³/mol. The summed E-state index contributed by atoms with van der Waals surface area (Å²) in [5, 5.41) is 0. The molecule has 1 aromatic heterocycles. The first-order valence-corrected chi connectivity index (χ1v) is 13.6. The van der Waals surface area contributed by atoms with Gasteiger partial charge in [-0.05, 0) is 78.0 Å². The third-order valence-electron chi connectivity index (χ3n) is 10.3. The van der Waals surface area contributed by atoms with Crippen LogP contribution in [0.1, 0.15) is 63.4 Å². The second kappa shape index (κ2) is 8.11. The van der Waals surface area contributed by atoms with Gasteiger partial charge in [-0.25, -0.2) is 0 Å². The van der Waals surface area contributed by atoms with Crippen molar-refractivity contribution >= 4 is 5.78 Å². The molecule has 1 aliphatic heterocycles. The summed E-state index contributed by atoms with van der Waals surface area (Å²) in [4.78, 5) is 17.5. The number of Topliss-reactive ketones (excluding diaryl/α,β-unsaturated/α-hetero) is 1. The molecule has 182 valence electrons. The van der Waals surface area contributed by atoms with Gasteiger partial charge in [0.2, 0.25) is 0 Å². The van der Waals surface area contributed by atoms with Crippen molar-refractivity contribution in [3.63, 3.8) is 0 Å². The maximum absolute atomic E-state index is 13.2. The van der Waals surface area contributed by atoms with Gasteiger partial charge in [-0.1, -0.05) is 48.9 Å². The Hall–Kier alpha value is -2.30. The number of aromatic nitrogens is 1. The van der Waals surface area contributed by atoms with E-state index in [1.165, 1.54) is 11.1 Å². The van der Waals surface area contributed by atoms with E-state index in [4.69, 9.17) is 9.47 Å². The van der Waals surface area contributed by atoms with Crippen LogP contribution in [0.3, 0.4) is 0 Å². The van der Waals surface area contributed by atoms with Crippen molar-refractivity contribution in [3.8, 4) is 11.1 Å². The third kappa shape index (κ3) is 3.40. The quantitative estimate of drug-likeness (QED) is 0.483. The maximum Gasteiger partial charge on any atom is 0.172 e. The van der Waals surface area contributed by atoms with Crippen LogP contribution in [-0.4, -0.2) is 29.8 Å². The lowest BCUT2D eigenvalue weighted by molar-refractivity contribution is -0.176. The lowest BCUT2D eigenvalue weighted by Crippen LogP contribution is -2.51. The second-order valence-electron chi connectivity index (χ2n) is 11.8. The van der Waals surface area contributed by atoms with E-state index in [0.717, 1.165) is 63.7 Å². The molecule has 4 heteroatoms. The average molecular weight is 470 g/mol. The van der Waals surface area contributed by atoms with Gasteiger partial charge in [0.1, 0.15) is 5.78 Å². The van der Waals surface area contributed by atoms with Crippen molar-refractivity contribution in [2.45, 2.75) is 63.6 Å². The number of allylic oxidation sites excluding steroid dienone is 1. The van der Waals surface area contributed by atoms with E-state index in [9.17, 15) is 4.79 Å². The van der Waals surface area contributed by atoms with Gasteiger partial charge < -0.3 is 9.47 Å². The Morgan fingerprint density at radius 3 is 2.60 bits per heavy atom. The molecule has 0 amide bonds. The number of carbonyl (C=O) groups is 1. The molecule has 6 atom stereocenters. The number of rotatable bonds is 2. The molecule has 3 saturated carbocycles. The molecule has 35 heavy (non-hydrogen) atoms. The summed E-state index contributed by atoms with van der Waals surface area (Å²) in [6, 6.07) is 13.3. The molecule has 1 spiro atoms. The third-order valence-corrected chi connectivity index (χ3v) is 10.3. The highest BCUT2D eigenvalue weighted by Crippen LogP contribution is 2.65. The van der Waals surface area contributed by atoms with Gasteiger partial charge in [-0.3, -0.25) is 9.78 Å². The first-order chi connectivity index (χ1) is 17.1. The Bertz CT molecular complexity index is 1150. The molecule has 0 radical (unpaired) electrons. The minimum absolute atomic E-state index is 0.174. The first-order valence-electron chi connectivity index (χ1n) is 13.6. The lowest BCUT2D eigenvalue weighted by atomic mass is 9.48. The Balaban J connectivity index is 1.26. The van der Waals surface area contributed by atoms with Crippen molar-refractivity contribution < 1.29 is 14.3 Å². The number of hydrogen-bond acceptors (Lipinski definition) is 4. The van der Waals surface area contributed by atoms with Crippen LogP contribution in [0.4, 0.5) is 0 Å². The topological polar surface area (TPSA) is 48.4 Å². The van der Waals surface area contributed by atoms with Crippen LogP contribution in [0, 0.1) is 29.1 Å². The molecule has 4 fully saturated rings. The standard InChI is InChI=1S/C31H35NO3/c1-30-18-26(21-6-4-20(5-7-21)23-3-2-14-32-19-23)29-24-12-13-31(34-15-16-35-31)17-22(24)8-9-25(29)27(30)10-11-28(30)33/h2-8,14,19,24-27,29H,9-13,15-18H2,1H3/t24-,25-,26?,27-,29+,30-/m0/s1. The fraction of sp³-hybridized carbons (Fsp3) is 0.548. The van der Waals surface area contributed by atoms with Crippen LogP contribution in [0.15, 0.2) is 60.4 Å². The van der Waals surface area contributed by atoms with Crippen LogP contribution in [-0.2, 0) is 14.3 Å². The zero-order valence-electron chi connectivity index (χ0n) is 20.6. The molecular formula is C31H35NO3. The van der Waals surface area contributed by atoms with Gasteiger partial charge in [0.25, 0.3) is 0 Å². The molecule has 5 aliphatic rings. The van der Waals surface area contributed by atoms with E-state index >= 15 is 0 Å². The van der Waals surface area contributed by atoms with Crippen molar-refractivity contribution in [2.75, 3.05) is 13.2 Å². The summed E-state index contributed by atoms with van der Waals surface area (Å²) >= 11 is 0. The molecule has 0 N–H and O–H groups in total. The first kappa shape index (κ1) is 21.9. The molecule has 0 bridgehead atoms. The number of ether oxygens (including phenoxy) is 2. The molecule has 1 unspecified atom stereocenters. The van der Waals surface area contributed by atoms with Crippen molar-refractivity contribution in [1.29, 1.82) is 0 Å². The van der Waals surface area contributed by atoms with Crippen molar-refractivity contribution in [2.24, 2.45) is 29.1 Å². The maximum atomic E-state index is 13.2. The Kier molecular flexibility index (Phi) is 5.08. The predicted octanol–water partition coefficient (Wildman–Crippen LogP) is 6.33. The normalized spacial score (nSPS) is 37.5. The molecule has 2 heterocycles. The lowest BCUT2D eigenvalue weighted by Gasteiger charge is -2.56. The number of fused-ring (bicyclic) bond motifs is 5. The average Bonchev–Trinajstić information content (AvgIpc) is 3.47. The Labute approximate surface area is 208 Å². The van der Waals surface area contributed by atoms with Crippen LogP contribution in [0.5, 0.6) is 0 Å². The van der Waals surface area contributed by atoms with Gasteiger partial charge in [-0.2, -0.15) is 0 Å². The highest BCUT2D eigenvalue weighted by Gasteiger charge is 2.60. The van der Waals surface area contributed by atoms with E-state index in [-0.39, 0.29) is 11.2 Å². The number of nitrogens with zero attached hydrogens (tertiary/aromatic N) is 1. The van der Waals surface area contributed by atoms with Crippen LogP contribution in [0.25, 0.3) is 11.1 Å². The summed E-state index contributed by atoms with van der Waals surface area (Å²) in [6.45, 7) is 3.73. The van der Waals surface area contributed by atoms with Gasteiger partial charge in [-0.15, -0.1) is 0 Å². The minimum atomic E-state index is -0.372. The molecule has 7 rings (SSSR count). The van der Waals surface area contributed by atoms with E-state index < -0.39 is 0 Å². The molecular weight excluding hydrogens is 434 g/mol. The molecule has 4 aliphatic carbocycles. The number of ketones is 1. The smallest absolute Gasteiger partial charge is 0.172 e. The second-order valence-corrected chi connectivity index (χ2v) is 11.8. The fourth-order valence-electron chi connectivity index (χ4n) is 8.69. The van der Waals surface area contributed by atoms with Crippen molar-refractivity contribution in [3.05, 3.63) is 66.0 Å². The van der Waals surface area contributed by atoms with E-state index in [2.05, 4.69) is 48.3 Å². The summed E-state index contributed by atoms with van der Waals surface area (Å²) in [6.07, 6.45) is 13.3. The van der Waals surface area contributed by atoms with Crippen LogP contribution < -0.4 is 0 Å². The number of pyridine rings is 1. The van der Waals surface area contributed by atoms with Gasteiger partial charge >= 0.3 is 0 Å². The molecule has 2 aromatic rings. The van der Waals surface area contributed by atoms with Crippen LogP contribution >= 0.6 is 0 Å². The summed E-state index contributed by atoms with van der Waals surface area (Å²) in [5.74, 6) is 2.84. The molecule has 4 nitrogen and oxygen atoms in total. The Morgan fingerprint density at radius 1 is 1.00 bits per heavy atom. The fourth-order valence-corrected chi connectivity index (χ4v) is 8.69. The van der Waals surface area contributed by atoms with Gasteiger partial charge in [0.05, 0.1) is 13.2 Å². The largest absolute Gasteiger partial charge is 0.347 e. The number of benzene rings is 1. The summed E-state index contributed by atoms with van der Waals surface area (Å²) in [5.41, 5.74) is 5.14. The van der Waals surface area contributed by atoms with E-state index in [1.54, 1.807) is 5.57 Å². The highest BCUT2D eigenvalue weighted by molar-refractivity contribution is 5.87. The SMILES string of the molecule is C[C@]12CC(c3ccc(-c4cccnc4)cc3)[C@H]3[C@@H](CC=C4CC5(CC[C@@H]43)OCCO5)[C@@H]1CCC2=O. The van der Waals surface area contributed by atoms with Gasteiger partial charge in [0, 0.05) is 37.1 Å². The Morgan fingerprint density at radius 2 is 1.83 bits per heavy atom. The molecule has 1 saturated heterocycles. The monoisotopic (exact) mass is 469 g/mol. The number of carbonyl (C=O) groups excluding carboxylic acids is 1. The van der Waals surface area contributed by atoms with E-state index in [1.807, 2.05) is 18.5 Å². The summed E-state index contributed by atoms with van der Waals surface area (Å²) in [7, 11) is 0. The van der Waals surface area contributed by atoms with Crippen molar-refractivity contribution in [1.82, 2.24) is 4.98 Å². The van der Waals surface area contributed by atoms with E-state index in [0.29, 0.717) is 35.4 Å². The summed E-state index contributed by atoms with van der Waals surface area (Å²) < 4.78 is 12.2. The van der Waals surface area contributed by atoms with Crippen LogP contribution in [0.2, 0.25) is 0 Å². The molecule has 1 aromatic carbocycles. The van der Waals surface area contributed by atoms with Gasteiger partial charge in [0.15, 0.2) is 5.79 Å². The highest BCUT2D eigenvalue weighted by atomic mass is 16.7. The zero-order valence-corrected chi connectivity index (χ0v) is 20.6. The minimum Gasteiger partial charge on any atom is -0.347 e. The zero-order chi connectivity index (χ0) is 23.6. The number of hydrogen-bond donors (Lipinski definition) is 0.